The van der Waals surface area contributed by atoms with Crippen LogP contribution >= 0.6 is 23.2 Å². The van der Waals surface area contributed by atoms with Gasteiger partial charge in [-0.25, -0.2) is 5.10 Å². The molecular weight excluding hydrogens is 263 g/mol. The number of hydrogen-bond donors (Lipinski definition) is 1. The van der Waals surface area contributed by atoms with Gasteiger partial charge >= 0.3 is 0 Å². The molecule has 0 unspecified atom stereocenters. The Labute approximate surface area is 106 Å². The van der Waals surface area contributed by atoms with Gasteiger partial charge in [0.15, 0.2) is 0 Å². The Bertz CT molecular complexity index is 620. The zero-order valence-corrected chi connectivity index (χ0v) is 9.92. The first kappa shape index (κ1) is 11.8. The first-order valence-corrected chi connectivity index (χ1v) is 5.39. The molecule has 0 spiro atoms. The van der Waals surface area contributed by atoms with Gasteiger partial charge in [0.2, 0.25) is 0 Å². The van der Waals surface area contributed by atoms with Crippen molar-refractivity contribution in [1.29, 1.82) is 0 Å². The average molecular weight is 269 g/mol. The van der Waals surface area contributed by atoms with Crippen molar-refractivity contribution in [3.8, 4) is 11.3 Å². The monoisotopic (exact) mass is 268 g/mol. The number of aromatic amines is 1. The van der Waals surface area contributed by atoms with Crippen LogP contribution in [0.4, 0.5) is 0 Å². The van der Waals surface area contributed by atoms with Gasteiger partial charge < -0.3 is 0 Å². The molecule has 0 aliphatic heterocycles. The fourth-order valence-corrected chi connectivity index (χ4v) is 1.59. The molecule has 0 aliphatic rings. The Hall–Kier alpha value is -1.65. The Balaban J connectivity index is 2.53. The van der Waals surface area contributed by atoms with Crippen molar-refractivity contribution in [2.45, 2.75) is 0 Å². The highest BCUT2D eigenvalue weighted by Gasteiger charge is 2.10. The number of nitrogens with zero attached hydrogens (tertiary/aromatic N) is 1. The van der Waals surface area contributed by atoms with Crippen LogP contribution in [0.5, 0.6) is 0 Å². The minimum Gasteiger partial charge on any atom is -0.275 e. The van der Waals surface area contributed by atoms with E-state index < -0.39 is 10.8 Å². The van der Waals surface area contributed by atoms with Crippen LogP contribution in [0.25, 0.3) is 11.3 Å². The molecule has 0 bridgehead atoms. The molecule has 0 saturated heterocycles. The summed E-state index contributed by atoms with van der Waals surface area (Å²) in [6, 6.07) is 8.17. The maximum absolute atomic E-state index is 11.3. The van der Waals surface area contributed by atoms with E-state index in [2.05, 4.69) is 10.2 Å². The summed E-state index contributed by atoms with van der Waals surface area (Å²) in [7, 11) is 0. The molecule has 17 heavy (non-hydrogen) atoms. The van der Waals surface area contributed by atoms with Gasteiger partial charge in [0, 0.05) is 10.6 Å². The van der Waals surface area contributed by atoms with Gasteiger partial charge in [-0.05, 0) is 29.8 Å². The van der Waals surface area contributed by atoms with Gasteiger partial charge in [0.25, 0.3) is 10.8 Å². The van der Waals surface area contributed by atoms with Gasteiger partial charge in [0.05, 0.1) is 5.69 Å². The molecule has 1 aromatic carbocycles. The van der Waals surface area contributed by atoms with Crippen molar-refractivity contribution in [3.05, 3.63) is 51.3 Å². The van der Waals surface area contributed by atoms with Crippen molar-refractivity contribution in [1.82, 2.24) is 10.2 Å². The SMILES string of the molecule is O=C(Cl)c1cc(-c2ccc(Cl)cc2)n[nH]c1=O. The van der Waals surface area contributed by atoms with Crippen LogP contribution in [0.3, 0.4) is 0 Å². The number of H-pyrrole nitrogens is 1. The summed E-state index contributed by atoms with van der Waals surface area (Å²) in [6.45, 7) is 0. The molecule has 4 nitrogen and oxygen atoms in total. The first-order valence-electron chi connectivity index (χ1n) is 4.63. The van der Waals surface area contributed by atoms with E-state index in [1.54, 1.807) is 24.3 Å². The summed E-state index contributed by atoms with van der Waals surface area (Å²) >= 11 is 11.0. The van der Waals surface area contributed by atoms with Gasteiger partial charge in [-0.15, -0.1) is 0 Å². The third-order valence-corrected chi connectivity index (χ3v) is 2.61. The summed E-state index contributed by atoms with van der Waals surface area (Å²) in [5.41, 5.74) is 0.435. The smallest absolute Gasteiger partial charge is 0.275 e. The molecule has 0 fully saturated rings. The first-order chi connectivity index (χ1) is 8.08. The van der Waals surface area contributed by atoms with E-state index in [-0.39, 0.29) is 5.56 Å². The normalized spacial score (nSPS) is 10.2. The summed E-state index contributed by atoms with van der Waals surface area (Å²) in [6.07, 6.45) is 0. The number of aromatic nitrogens is 2. The molecule has 1 aromatic heterocycles. The molecular formula is C11H6Cl2N2O2. The molecule has 0 aliphatic carbocycles. The third-order valence-electron chi connectivity index (χ3n) is 2.16. The third kappa shape index (κ3) is 2.54. The Kier molecular flexibility index (Phi) is 3.26. The van der Waals surface area contributed by atoms with Gasteiger partial charge in [-0.1, -0.05) is 23.7 Å². The van der Waals surface area contributed by atoms with Crippen LogP contribution in [-0.2, 0) is 0 Å². The van der Waals surface area contributed by atoms with Crippen LogP contribution in [0.1, 0.15) is 10.4 Å². The van der Waals surface area contributed by atoms with E-state index in [1.165, 1.54) is 6.07 Å². The summed E-state index contributed by atoms with van der Waals surface area (Å²) in [5.74, 6) is 0. The van der Waals surface area contributed by atoms with E-state index in [0.29, 0.717) is 10.7 Å². The molecule has 0 radical (unpaired) electrons. The predicted molar refractivity (Wildman–Crippen MR) is 65.5 cm³/mol. The summed E-state index contributed by atoms with van der Waals surface area (Å²) < 4.78 is 0. The molecule has 0 amide bonds. The van der Waals surface area contributed by atoms with E-state index in [0.717, 1.165) is 5.56 Å². The zero-order chi connectivity index (χ0) is 12.4. The molecule has 86 valence electrons. The minimum absolute atomic E-state index is 0.133. The number of benzene rings is 1. The molecule has 0 saturated carbocycles. The molecule has 1 N–H and O–H groups in total. The van der Waals surface area contributed by atoms with E-state index >= 15 is 0 Å². The second kappa shape index (κ2) is 4.69. The highest BCUT2D eigenvalue weighted by Crippen LogP contribution is 2.19. The van der Waals surface area contributed by atoms with E-state index in [9.17, 15) is 9.59 Å². The predicted octanol–water partition coefficient (Wildman–Crippen LogP) is 2.47. The lowest BCUT2D eigenvalue weighted by Crippen LogP contribution is -2.16. The minimum atomic E-state index is -0.816. The van der Waals surface area contributed by atoms with Crippen LogP contribution in [-0.4, -0.2) is 15.4 Å². The van der Waals surface area contributed by atoms with Crippen molar-refractivity contribution >= 4 is 28.4 Å². The molecule has 0 atom stereocenters. The average Bonchev–Trinajstić information content (AvgIpc) is 2.30. The number of carbonyl (C=O) groups excluding carboxylic acids is 1. The van der Waals surface area contributed by atoms with Crippen molar-refractivity contribution in [2.24, 2.45) is 0 Å². The Morgan fingerprint density at radius 1 is 1.24 bits per heavy atom. The highest BCUT2D eigenvalue weighted by molar-refractivity contribution is 6.67. The highest BCUT2D eigenvalue weighted by atomic mass is 35.5. The van der Waals surface area contributed by atoms with Crippen molar-refractivity contribution in [3.63, 3.8) is 0 Å². The summed E-state index contributed by atoms with van der Waals surface area (Å²) in [4.78, 5) is 22.3. The lowest BCUT2D eigenvalue weighted by atomic mass is 10.1. The lowest BCUT2D eigenvalue weighted by molar-refractivity contribution is 0.108. The van der Waals surface area contributed by atoms with Crippen LogP contribution in [0.15, 0.2) is 35.1 Å². The molecule has 2 aromatic rings. The van der Waals surface area contributed by atoms with Crippen LogP contribution in [0, 0.1) is 0 Å². The summed E-state index contributed by atoms with van der Waals surface area (Å²) in [5, 5.41) is 5.82. The van der Waals surface area contributed by atoms with Crippen molar-refractivity contribution in [2.75, 3.05) is 0 Å². The quantitative estimate of drug-likeness (QED) is 0.852. The van der Waals surface area contributed by atoms with Gasteiger partial charge in [0.1, 0.15) is 5.56 Å². The maximum Gasteiger partial charge on any atom is 0.276 e. The zero-order valence-electron chi connectivity index (χ0n) is 8.41. The fraction of sp³-hybridized carbons (Fsp3) is 0. The lowest BCUT2D eigenvalue weighted by Gasteiger charge is -2.01. The second-order valence-electron chi connectivity index (χ2n) is 3.28. The number of nitrogens with one attached hydrogen (secondary N) is 1. The van der Waals surface area contributed by atoms with Crippen LogP contribution < -0.4 is 5.56 Å². The number of rotatable bonds is 2. The standard InChI is InChI=1S/C11H6Cl2N2O2/c12-7-3-1-6(2-4-7)9-5-8(10(13)16)11(17)15-14-9/h1-5H,(H,15,17). The second-order valence-corrected chi connectivity index (χ2v) is 4.06. The number of hydrogen-bond acceptors (Lipinski definition) is 3. The topological polar surface area (TPSA) is 62.8 Å². The van der Waals surface area contributed by atoms with E-state index in [1.807, 2.05) is 0 Å². The largest absolute Gasteiger partial charge is 0.276 e. The molecule has 2 rings (SSSR count). The maximum atomic E-state index is 11.3. The van der Waals surface area contributed by atoms with Gasteiger partial charge in [-0.2, -0.15) is 5.10 Å². The fourth-order valence-electron chi connectivity index (χ4n) is 1.32. The molecule has 1 heterocycles. The molecule has 6 heteroatoms. The Morgan fingerprint density at radius 2 is 1.88 bits per heavy atom. The number of carbonyl (C=O) groups is 1. The van der Waals surface area contributed by atoms with Crippen molar-refractivity contribution < 1.29 is 4.79 Å². The van der Waals surface area contributed by atoms with Crippen LogP contribution in [0.2, 0.25) is 5.02 Å². The van der Waals surface area contributed by atoms with Gasteiger partial charge in [-0.3, -0.25) is 9.59 Å². The number of halogens is 2. The van der Waals surface area contributed by atoms with E-state index in [4.69, 9.17) is 23.2 Å². The Morgan fingerprint density at radius 3 is 2.47 bits per heavy atom.